The van der Waals surface area contributed by atoms with Gasteiger partial charge in [-0.2, -0.15) is 0 Å². The lowest BCUT2D eigenvalue weighted by Gasteiger charge is -2.06. The summed E-state index contributed by atoms with van der Waals surface area (Å²) in [6.07, 6.45) is 4.33. The molecule has 2 heteroatoms. The van der Waals surface area contributed by atoms with Gasteiger partial charge in [-0.1, -0.05) is 37.3 Å². The van der Waals surface area contributed by atoms with Crippen molar-refractivity contribution >= 4 is 0 Å². The van der Waals surface area contributed by atoms with Gasteiger partial charge in [0, 0.05) is 0 Å². The first-order valence-electron chi connectivity index (χ1n) is 7.32. The number of rotatable bonds is 6. The van der Waals surface area contributed by atoms with Crippen molar-refractivity contribution in [2.45, 2.75) is 38.4 Å². The molecule has 0 saturated carbocycles. The van der Waals surface area contributed by atoms with Crippen LogP contribution >= 0.6 is 0 Å². The van der Waals surface area contributed by atoms with Gasteiger partial charge < -0.3 is 9.47 Å². The number of ether oxygens (including phenoxy) is 2. The molecule has 1 heterocycles. The number of aryl methyl sites for hydroxylation is 1. The Morgan fingerprint density at radius 1 is 0.900 bits per heavy atom. The second-order valence-corrected chi connectivity index (χ2v) is 5.22. The molecule has 2 aromatic rings. The minimum atomic E-state index is 0.486. The zero-order chi connectivity index (χ0) is 13.8. The van der Waals surface area contributed by atoms with Gasteiger partial charge in [-0.05, 0) is 49.1 Å². The first kappa shape index (κ1) is 13.2. The van der Waals surface area contributed by atoms with Crippen molar-refractivity contribution in [1.82, 2.24) is 0 Å². The van der Waals surface area contributed by atoms with Crippen LogP contribution in [0.2, 0.25) is 0 Å². The highest BCUT2D eigenvalue weighted by Crippen LogP contribution is 2.29. The maximum Gasteiger partial charge on any atom is 0.127 e. The summed E-state index contributed by atoms with van der Waals surface area (Å²) in [6.45, 7) is 2.18. The van der Waals surface area contributed by atoms with E-state index in [-0.39, 0.29) is 0 Å². The summed E-state index contributed by atoms with van der Waals surface area (Å²) in [4.78, 5) is 0. The van der Waals surface area contributed by atoms with E-state index >= 15 is 0 Å². The van der Waals surface area contributed by atoms with Crippen molar-refractivity contribution in [1.29, 1.82) is 0 Å². The number of hydrogen-bond acceptors (Lipinski definition) is 2. The van der Waals surface area contributed by atoms with E-state index in [1.807, 2.05) is 42.5 Å². The fraction of sp³-hybridized carbons (Fsp3) is 0.333. The van der Waals surface area contributed by atoms with Crippen LogP contribution in [0.15, 0.2) is 54.6 Å². The van der Waals surface area contributed by atoms with E-state index in [1.54, 1.807) is 0 Å². The van der Waals surface area contributed by atoms with E-state index in [0.29, 0.717) is 12.2 Å². The molecule has 0 aromatic heterocycles. The summed E-state index contributed by atoms with van der Waals surface area (Å²) in [5, 5.41) is 0. The quantitative estimate of drug-likeness (QED) is 0.715. The summed E-state index contributed by atoms with van der Waals surface area (Å²) in [5.74, 6) is 1.76. The predicted molar refractivity (Wildman–Crippen MR) is 80.2 cm³/mol. The van der Waals surface area contributed by atoms with Crippen molar-refractivity contribution < 1.29 is 9.47 Å². The molecule has 2 atom stereocenters. The molecule has 0 bridgehead atoms. The molecule has 1 saturated heterocycles. The van der Waals surface area contributed by atoms with E-state index in [4.69, 9.17) is 9.47 Å². The van der Waals surface area contributed by atoms with Gasteiger partial charge in [-0.25, -0.2) is 0 Å². The molecule has 3 rings (SSSR count). The van der Waals surface area contributed by atoms with Gasteiger partial charge in [0.25, 0.3) is 0 Å². The largest absolute Gasteiger partial charge is 0.457 e. The van der Waals surface area contributed by atoms with E-state index < -0.39 is 0 Å². The fourth-order valence-corrected chi connectivity index (χ4v) is 2.45. The molecular weight excluding hydrogens is 248 g/mol. The molecule has 0 spiro atoms. The second-order valence-electron chi connectivity index (χ2n) is 5.22. The van der Waals surface area contributed by atoms with E-state index in [9.17, 15) is 0 Å². The summed E-state index contributed by atoms with van der Waals surface area (Å²) < 4.78 is 11.3. The van der Waals surface area contributed by atoms with Gasteiger partial charge >= 0.3 is 0 Å². The highest BCUT2D eigenvalue weighted by molar-refractivity contribution is 5.33. The third kappa shape index (κ3) is 3.40. The topological polar surface area (TPSA) is 21.8 Å². The molecule has 1 aliphatic heterocycles. The Bertz CT molecular complexity index is 533. The summed E-state index contributed by atoms with van der Waals surface area (Å²) >= 11 is 0. The second kappa shape index (κ2) is 6.10. The maximum absolute atomic E-state index is 5.78. The number of hydrogen-bond donors (Lipinski definition) is 0. The summed E-state index contributed by atoms with van der Waals surface area (Å²) in [7, 11) is 0. The van der Waals surface area contributed by atoms with Crippen molar-refractivity contribution in [2.24, 2.45) is 0 Å². The third-order valence-electron chi connectivity index (χ3n) is 3.71. The molecule has 0 N–H and O–H groups in total. The number of epoxide rings is 1. The molecule has 104 valence electrons. The van der Waals surface area contributed by atoms with Crippen LogP contribution in [0.3, 0.4) is 0 Å². The molecule has 1 fully saturated rings. The third-order valence-corrected chi connectivity index (χ3v) is 3.71. The van der Waals surface area contributed by atoms with Crippen LogP contribution in [0.5, 0.6) is 11.5 Å². The Hall–Kier alpha value is -1.80. The first-order valence-corrected chi connectivity index (χ1v) is 7.32. The molecule has 0 amide bonds. The average molecular weight is 268 g/mol. The number of benzene rings is 2. The van der Waals surface area contributed by atoms with Crippen LogP contribution in [-0.2, 0) is 11.2 Å². The highest BCUT2D eigenvalue weighted by atomic mass is 16.6. The van der Waals surface area contributed by atoms with Crippen molar-refractivity contribution in [3.05, 3.63) is 60.2 Å². The van der Waals surface area contributed by atoms with Crippen molar-refractivity contribution in [2.75, 3.05) is 0 Å². The van der Waals surface area contributed by atoms with E-state index in [1.165, 1.54) is 5.56 Å². The highest BCUT2D eigenvalue weighted by Gasteiger charge is 2.35. The Labute approximate surface area is 120 Å². The molecular formula is C18H20O2. The lowest BCUT2D eigenvalue weighted by atomic mass is 10.1. The standard InChI is InChI=1S/C18H20O2/c1-2-17-18(20-17)13-10-14-8-11-16(12-9-14)19-15-6-4-3-5-7-15/h3-9,11-12,17-18H,2,10,13H2,1H3. The zero-order valence-corrected chi connectivity index (χ0v) is 11.8. The van der Waals surface area contributed by atoms with Crippen LogP contribution in [0.4, 0.5) is 0 Å². The molecule has 2 unspecified atom stereocenters. The SMILES string of the molecule is CCC1OC1CCc1ccc(Oc2ccccc2)cc1. The minimum Gasteiger partial charge on any atom is -0.457 e. The Balaban J connectivity index is 1.52. The molecule has 0 aliphatic carbocycles. The van der Waals surface area contributed by atoms with E-state index in [0.717, 1.165) is 30.8 Å². The predicted octanol–water partition coefficient (Wildman–Crippen LogP) is 4.59. The summed E-state index contributed by atoms with van der Waals surface area (Å²) in [6, 6.07) is 18.2. The molecule has 2 aromatic carbocycles. The monoisotopic (exact) mass is 268 g/mol. The van der Waals surface area contributed by atoms with Crippen LogP contribution in [0, 0.1) is 0 Å². The minimum absolute atomic E-state index is 0.486. The van der Waals surface area contributed by atoms with Gasteiger partial charge in [-0.3, -0.25) is 0 Å². The van der Waals surface area contributed by atoms with Gasteiger partial charge in [0.15, 0.2) is 0 Å². The van der Waals surface area contributed by atoms with E-state index in [2.05, 4.69) is 19.1 Å². The Morgan fingerprint density at radius 2 is 1.60 bits per heavy atom. The van der Waals surface area contributed by atoms with Gasteiger partial charge in [0.1, 0.15) is 11.5 Å². The first-order chi connectivity index (χ1) is 9.85. The fourth-order valence-electron chi connectivity index (χ4n) is 2.45. The molecule has 20 heavy (non-hydrogen) atoms. The van der Waals surface area contributed by atoms with Crippen molar-refractivity contribution in [3.63, 3.8) is 0 Å². The summed E-state index contributed by atoms with van der Waals surface area (Å²) in [5.41, 5.74) is 1.34. The molecule has 0 radical (unpaired) electrons. The number of para-hydroxylation sites is 1. The van der Waals surface area contributed by atoms with Crippen LogP contribution in [-0.4, -0.2) is 12.2 Å². The van der Waals surface area contributed by atoms with Crippen LogP contribution in [0.1, 0.15) is 25.3 Å². The Kier molecular flexibility index (Phi) is 4.03. The lowest BCUT2D eigenvalue weighted by molar-refractivity contribution is 0.360. The van der Waals surface area contributed by atoms with Crippen LogP contribution < -0.4 is 4.74 Å². The zero-order valence-electron chi connectivity index (χ0n) is 11.8. The van der Waals surface area contributed by atoms with Crippen LogP contribution in [0.25, 0.3) is 0 Å². The van der Waals surface area contributed by atoms with Gasteiger partial charge in [0.2, 0.25) is 0 Å². The average Bonchev–Trinajstić information content (AvgIpc) is 3.26. The molecule has 1 aliphatic rings. The smallest absolute Gasteiger partial charge is 0.127 e. The maximum atomic E-state index is 5.78. The molecule has 2 nitrogen and oxygen atoms in total. The van der Waals surface area contributed by atoms with Crippen molar-refractivity contribution in [3.8, 4) is 11.5 Å². The van der Waals surface area contributed by atoms with Gasteiger partial charge in [-0.15, -0.1) is 0 Å². The van der Waals surface area contributed by atoms with Gasteiger partial charge in [0.05, 0.1) is 12.2 Å². The lowest BCUT2D eigenvalue weighted by Crippen LogP contribution is -1.95. The normalized spacial score (nSPS) is 20.6. The Morgan fingerprint density at radius 3 is 2.25 bits per heavy atom.